The van der Waals surface area contributed by atoms with Gasteiger partial charge in [-0.1, -0.05) is 41.4 Å². The number of carbonyl (C=O) groups excluding carboxylic acids is 1. The van der Waals surface area contributed by atoms with E-state index in [9.17, 15) is 9.59 Å². The van der Waals surface area contributed by atoms with Crippen molar-refractivity contribution >= 4 is 29.0 Å². The third kappa shape index (κ3) is 3.77. The van der Waals surface area contributed by atoms with Gasteiger partial charge >= 0.3 is 0 Å². The molecule has 0 aliphatic heterocycles. The zero-order chi connectivity index (χ0) is 20.5. The van der Waals surface area contributed by atoms with Crippen molar-refractivity contribution in [3.8, 4) is 11.4 Å². The number of amides is 1. The number of aryl methyl sites for hydroxylation is 2. The van der Waals surface area contributed by atoms with Crippen LogP contribution in [0, 0.1) is 13.8 Å². The van der Waals surface area contributed by atoms with Crippen molar-refractivity contribution < 1.29 is 4.79 Å². The molecule has 7 nitrogen and oxygen atoms in total. The van der Waals surface area contributed by atoms with Gasteiger partial charge < -0.3 is 9.88 Å². The molecule has 0 unspecified atom stereocenters. The number of rotatable bonds is 4. The summed E-state index contributed by atoms with van der Waals surface area (Å²) in [6.07, 6.45) is 0. The highest BCUT2D eigenvalue weighted by molar-refractivity contribution is 6.33. The number of aromatic nitrogens is 4. The lowest BCUT2D eigenvalue weighted by Crippen LogP contribution is -2.25. The molecule has 29 heavy (non-hydrogen) atoms. The smallest absolute Gasteiger partial charge is 0.275 e. The van der Waals surface area contributed by atoms with E-state index < -0.39 is 0 Å². The fraction of sp³-hybridized carbons (Fsp3) is 0.143. The molecule has 0 spiro atoms. The molecule has 2 heterocycles. The molecule has 0 bridgehead atoms. The third-order valence-electron chi connectivity index (χ3n) is 4.55. The minimum Gasteiger partial charge on any atom is -0.325 e. The standard InChI is InChI=1S/C21H18ClN5O2/c1-13-7-9-15(10-8-13)23-18(28)12-26-14(2)11-19(29)27-21(26)24-20(25-27)16-5-3-4-6-17(16)22/h3-11H,12H2,1-2H3,(H,23,28). The van der Waals surface area contributed by atoms with Gasteiger partial charge in [-0.05, 0) is 38.1 Å². The lowest BCUT2D eigenvalue weighted by atomic mass is 10.2. The first-order chi connectivity index (χ1) is 13.9. The van der Waals surface area contributed by atoms with E-state index in [0.717, 1.165) is 5.56 Å². The summed E-state index contributed by atoms with van der Waals surface area (Å²) in [5, 5.41) is 7.64. The molecule has 146 valence electrons. The first-order valence-corrected chi connectivity index (χ1v) is 9.39. The van der Waals surface area contributed by atoms with Crippen molar-refractivity contribution in [2.75, 3.05) is 5.32 Å². The van der Waals surface area contributed by atoms with Crippen LogP contribution in [0.25, 0.3) is 17.2 Å². The molecule has 8 heteroatoms. The van der Waals surface area contributed by atoms with E-state index in [1.807, 2.05) is 37.3 Å². The minimum absolute atomic E-state index is 0.00978. The summed E-state index contributed by atoms with van der Waals surface area (Å²) in [5.41, 5.74) is 2.72. The first kappa shape index (κ1) is 18.9. The molecule has 2 aromatic heterocycles. The average Bonchev–Trinajstić information content (AvgIpc) is 3.13. The van der Waals surface area contributed by atoms with Gasteiger partial charge in [-0.3, -0.25) is 9.59 Å². The topological polar surface area (TPSA) is 81.3 Å². The molecule has 0 fully saturated rings. The van der Waals surface area contributed by atoms with Crippen LogP contribution in [0.15, 0.2) is 59.4 Å². The quantitative estimate of drug-likeness (QED) is 0.561. The van der Waals surface area contributed by atoms with Gasteiger partial charge in [-0.2, -0.15) is 9.50 Å². The summed E-state index contributed by atoms with van der Waals surface area (Å²) in [6.45, 7) is 3.72. The summed E-state index contributed by atoms with van der Waals surface area (Å²) in [7, 11) is 0. The highest BCUT2D eigenvalue weighted by Crippen LogP contribution is 2.25. The predicted octanol–water partition coefficient (Wildman–Crippen LogP) is 3.47. The SMILES string of the molecule is Cc1ccc(NC(=O)Cn2c(C)cc(=O)n3nc(-c4ccccc4Cl)nc23)cc1. The van der Waals surface area contributed by atoms with Crippen molar-refractivity contribution in [1.82, 2.24) is 19.2 Å². The maximum atomic E-state index is 12.6. The zero-order valence-electron chi connectivity index (χ0n) is 15.9. The molecular formula is C21H18ClN5O2. The highest BCUT2D eigenvalue weighted by Gasteiger charge is 2.16. The lowest BCUT2D eigenvalue weighted by Gasteiger charge is -2.11. The maximum absolute atomic E-state index is 12.6. The van der Waals surface area contributed by atoms with E-state index in [-0.39, 0.29) is 23.8 Å². The van der Waals surface area contributed by atoms with E-state index in [2.05, 4.69) is 15.4 Å². The number of nitrogens with zero attached hydrogens (tertiary/aromatic N) is 4. The molecule has 0 saturated carbocycles. The van der Waals surface area contributed by atoms with Crippen molar-refractivity contribution in [3.05, 3.63) is 81.2 Å². The molecule has 4 aromatic rings. The van der Waals surface area contributed by atoms with Gasteiger partial charge in [-0.25, -0.2) is 0 Å². The maximum Gasteiger partial charge on any atom is 0.275 e. The number of anilines is 1. The van der Waals surface area contributed by atoms with Gasteiger partial charge in [0.25, 0.3) is 5.56 Å². The average molecular weight is 408 g/mol. The highest BCUT2D eigenvalue weighted by atomic mass is 35.5. The zero-order valence-corrected chi connectivity index (χ0v) is 16.6. The van der Waals surface area contributed by atoms with E-state index in [1.54, 1.807) is 29.7 Å². The van der Waals surface area contributed by atoms with Crippen molar-refractivity contribution in [3.63, 3.8) is 0 Å². The molecule has 0 aliphatic rings. The molecule has 2 aromatic carbocycles. The predicted molar refractivity (Wildman–Crippen MR) is 112 cm³/mol. The van der Waals surface area contributed by atoms with Crippen LogP contribution >= 0.6 is 11.6 Å². The summed E-state index contributed by atoms with van der Waals surface area (Å²) >= 11 is 6.24. The second-order valence-corrected chi connectivity index (χ2v) is 7.16. The fourth-order valence-corrected chi connectivity index (χ4v) is 3.26. The second-order valence-electron chi connectivity index (χ2n) is 6.75. The third-order valence-corrected chi connectivity index (χ3v) is 4.88. The van der Waals surface area contributed by atoms with E-state index in [4.69, 9.17) is 11.6 Å². The Bertz CT molecular complexity index is 1270. The number of fused-ring (bicyclic) bond motifs is 1. The van der Waals surface area contributed by atoms with Crippen LogP contribution in [0.4, 0.5) is 5.69 Å². The van der Waals surface area contributed by atoms with Gasteiger partial charge in [0.1, 0.15) is 6.54 Å². The number of nitrogens with one attached hydrogen (secondary N) is 1. The Labute approximate surface area is 171 Å². The molecule has 0 radical (unpaired) electrons. The first-order valence-electron chi connectivity index (χ1n) is 9.01. The number of halogens is 1. The Morgan fingerprint density at radius 1 is 1.10 bits per heavy atom. The normalized spacial score (nSPS) is 11.0. The van der Waals surface area contributed by atoms with E-state index in [0.29, 0.717) is 27.8 Å². The summed E-state index contributed by atoms with van der Waals surface area (Å²) in [4.78, 5) is 29.5. The van der Waals surface area contributed by atoms with Crippen molar-refractivity contribution in [1.29, 1.82) is 0 Å². The number of carbonyl (C=O) groups is 1. The monoisotopic (exact) mass is 407 g/mol. The van der Waals surface area contributed by atoms with Crippen LogP contribution in [-0.2, 0) is 11.3 Å². The van der Waals surface area contributed by atoms with Crippen LogP contribution in [-0.4, -0.2) is 25.1 Å². The summed E-state index contributed by atoms with van der Waals surface area (Å²) in [6, 6.07) is 16.1. The Morgan fingerprint density at radius 3 is 2.55 bits per heavy atom. The number of benzene rings is 2. The van der Waals surface area contributed by atoms with Crippen LogP contribution < -0.4 is 10.9 Å². The molecule has 0 atom stereocenters. The van der Waals surface area contributed by atoms with Gasteiger partial charge in [0, 0.05) is 23.0 Å². The summed E-state index contributed by atoms with van der Waals surface area (Å²) in [5.74, 6) is 0.375. The van der Waals surface area contributed by atoms with Crippen LogP contribution in [0.3, 0.4) is 0 Å². The molecule has 1 N–H and O–H groups in total. The number of hydrogen-bond donors (Lipinski definition) is 1. The van der Waals surface area contributed by atoms with Gasteiger partial charge in [-0.15, -0.1) is 5.10 Å². The van der Waals surface area contributed by atoms with Crippen molar-refractivity contribution in [2.24, 2.45) is 0 Å². The van der Waals surface area contributed by atoms with E-state index >= 15 is 0 Å². The second kappa shape index (κ2) is 7.52. The summed E-state index contributed by atoms with van der Waals surface area (Å²) < 4.78 is 2.84. The van der Waals surface area contributed by atoms with Gasteiger partial charge in [0.2, 0.25) is 11.7 Å². The van der Waals surface area contributed by atoms with E-state index in [1.165, 1.54) is 10.6 Å². The van der Waals surface area contributed by atoms with Crippen LogP contribution in [0.1, 0.15) is 11.3 Å². The van der Waals surface area contributed by atoms with Gasteiger partial charge in [0.05, 0.1) is 5.02 Å². The Hall–Kier alpha value is -3.45. The molecule has 0 aliphatic carbocycles. The number of hydrogen-bond acceptors (Lipinski definition) is 4. The van der Waals surface area contributed by atoms with Crippen LogP contribution in [0.5, 0.6) is 0 Å². The van der Waals surface area contributed by atoms with Gasteiger partial charge in [0.15, 0.2) is 5.82 Å². The largest absolute Gasteiger partial charge is 0.325 e. The molecular weight excluding hydrogens is 390 g/mol. The lowest BCUT2D eigenvalue weighted by molar-refractivity contribution is -0.116. The Kier molecular flexibility index (Phi) is 4.90. The molecule has 1 amide bonds. The molecule has 0 saturated heterocycles. The van der Waals surface area contributed by atoms with Crippen molar-refractivity contribution in [2.45, 2.75) is 20.4 Å². The minimum atomic E-state index is -0.321. The fourth-order valence-electron chi connectivity index (χ4n) is 3.03. The molecule has 4 rings (SSSR count). The Balaban J connectivity index is 1.72. The van der Waals surface area contributed by atoms with Crippen LogP contribution in [0.2, 0.25) is 5.02 Å². The Morgan fingerprint density at radius 2 is 1.83 bits per heavy atom.